The molecule has 1 fully saturated rings. The molecule has 3 N–H and O–H groups in total. The Labute approximate surface area is 89.9 Å². The summed E-state index contributed by atoms with van der Waals surface area (Å²) in [5.41, 5.74) is 7.04. The Bertz CT molecular complexity index is 370. The number of ether oxygens (including phenoxy) is 1. The topological polar surface area (TPSA) is 55.5 Å². The van der Waals surface area contributed by atoms with Crippen LogP contribution in [0.15, 0.2) is 18.2 Å². The third kappa shape index (κ3) is 1.73. The van der Waals surface area contributed by atoms with E-state index in [0.717, 1.165) is 16.9 Å². The molecule has 0 radical (unpaired) electrons. The van der Waals surface area contributed by atoms with Crippen LogP contribution < -0.4 is 10.5 Å². The molecule has 0 unspecified atom stereocenters. The lowest BCUT2D eigenvalue weighted by atomic mass is 9.70. The molecular weight excluding hydrogens is 190 g/mol. The molecule has 1 aromatic rings. The third-order valence-corrected chi connectivity index (χ3v) is 3.13. The lowest BCUT2D eigenvalue weighted by molar-refractivity contribution is -0.0527. The van der Waals surface area contributed by atoms with Crippen LogP contribution in [0.5, 0.6) is 5.75 Å². The Hall–Kier alpha value is -1.06. The van der Waals surface area contributed by atoms with Gasteiger partial charge in [0.25, 0.3) is 0 Å². The van der Waals surface area contributed by atoms with Crippen molar-refractivity contribution in [2.45, 2.75) is 31.4 Å². The van der Waals surface area contributed by atoms with Crippen molar-refractivity contribution in [2.75, 3.05) is 7.11 Å². The number of methoxy groups -OCH3 is 1. The summed E-state index contributed by atoms with van der Waals surface area (Å²) in [5, 5.41) is 10.3. The van der Waals surface area contributed by atoms with Crippen LogP contribution in [-0.2, 0) is 5.60 Å². The highest BCUT2D eigenvalue weighted by Gasteiger charge is 2.42. The molecule has 82 valence electrons. The van der Waals surface area contributed by atoms with Gasteiger partial charge >= 0.3 is 0 Å². The Balaban J connectivity index is 2.29. The first-order chi connectivity index (χ1) is 7.05. The first-order valence-electron chi connectivity index (χ1n) is 5.18. The molecule has 0 aliphatic heterocycles. The standard InChI is InChI=1S/C12H17NO2/c1-8-5-10(15-2)3-4-11(8)12(14)6-9(13)7-12/h3-5,9,14H,6-7,13H2,1-2H3. The summed E-state index contributed by atoms with van der Waals surface area (Å²) < 4.78 is 5.13. The maximum atomic E-state index is 10.3. The van der Waals surface area contributed by atoms with Crippen LogP contribution in [-0.4, -0.2) is 18.3 Å². The van der Waals surface area contributed by atoms with E-state index in [1.54, 1.807) is 7.11 Å². The van der Waals surface area contributed by atoms with Crippen molar-refractivity contribution in [1.29, 1.82) is 0 Å². The van der Waals surface area contributed by atoms with Crippen molar-refractivity contribution in [3.05, 3.63) is 29.3 Å². The number of rotatable bonds is 2. The first-order valence-corrected chi connectivity index (χ1v) is 5.18. The van der Waals surface area contributed by atoms with Gasteiger partial charge in [0.15, 0.2) is 0 Å². The minimum atomic E-state index is -0.713. The molecular formula is C12H17NO2. The lowest BCUT2D eigenvalue weighted by Gasteiger charge is -2.43. The summed E-state index contributed by atoms with van der Waals surface area (Å²) in [7, 11) is 1.64. The zero-order valence-corrected chi connectivity index (χ0v) is 9.16. The molecule has 1 saturated carbocycles. The van der Waals surface area contributed by atoms with Gasteiger partial charge in [0.05, 0.1) is 12.7 Å². The Morgan fingerprint density at radius 1 is 1.47 bits per heavy atom. The highest BCUT2D eigenvalue weighted by atomic mass is 16.5. The number of hydrogen-bond donors (Lipinski definition) is 2. The second-order valence-corrected chi connectivity index (χ2v) is 4.38. The van der Waals surface area contributed by atoms with Gasteiger partial charge in [0.2, 0.25) is 0 Å². The van der Waals surface area contributed by atoms with Crippen LogP contribution in [0.25, 0.3) is 0 Å². The molecule has 3 heteroatoms. The van der Waals surface area contributed by atoms with E-state index in [2.05, 4.69) is 0 Å². The average molecular weight is 207 g/mol. The average Bonchev–Trinajstić information content (AvgIpc) is 2.15. The van der Waals surface area contributed by atoms with Gasteiger partial charge in [-0.25, -0.2) is 0 Å². The molecule has 15 heavy (non-hydrogen) atoms. The smallest absolute Gasteiger partial charge is 0.119 e. The summed E-state index contributed by atoms with van der Waals surface area (Å²) in [6, 6.07) is 5.89. The highest BCUT2D eigenvalue weighted by molar-refractivity contribution is 5.39. The normalized spacial score (nSPS) is 29.7. The van der Waals surface area contributed by atoms with E-state index >= 15 is 0 Å². The highest BCUT2D eigenvalue weighted by Crippen LogP contribution is 2.42. The molecule has 3 nitrogen and oxygen atoms in total. The maximum Gasteiger partial charge on any atom is 0.119 e. The minimum absolute atomic E-state index is 0.136. The molecule has 0 amide bonds. The first kappa shape index (κ1) is 10.5. The zero-order valence-electron chi connectivity index (χ0n) is 9.16. The third-order valence-electron chi connectivity index (χ3n) is 3.13. The number of aryl methyl sites for hydroxylation is 1. The van der Waals surface area contributed by atoms with Crippen LogP contribution in [0.4, 0.5) is 0 Å². The SMILES string of the molecule is COc1ccc(C2(O)CC(N)C2)c(C)c1. The molecule has 1 aliphatic rings. The predicted molar refractivity (Wildman–Crippen MR) is 58.8 cm³/mol. The minimum Gasteiger partial charge on any atom is -0.497 e. The van der Waals surface area contributed by atoms with Crippen molar-refractivity contribution in [3.8, 4) is 5.75 Å². The summed E-state index contributed by atoms with van der Waals surface area (Å²) in [5.74, 6) is 0.823. The van der Waals surface area contributed by atoms with Crippen molar-refractivity contribution in [2.24, 2.45) is 5.73 Å². The van der Waals surface area contributed by atoms with Gasteiger partial charge in [-0.3, -0.25) is 0 Å². The van der Waals surface area contributed by atoms with Crippen LogP contribution in [0, 0.1) is 6.92 Å². The van der Waals surface area contributed by atoms with E-state index in [-0.39, 0.29) is 6.04 Å². The van der Waals surface area contributed by atoms with Gasteiger partial charge in [-0.05, 0) is 43.0 Å². The van der Waals surface area contributed by atoms with Gasteiger partial charge in [0.1, 0.15) is 5.75 Å². The number of nitrogens with two attached hydrogens (primary N) is 1. The quantitative estimate of drug-likeness (QED) is 0.768. The fourth-order valence-electron chi connectivity index (χ4n) is 2.31. The largest absolute Gasteiger partial charge is 0.497 e. The molecule has 0 heterocycles. The summed E-state index contributed by atoms with van der Waals surface area (Å²) in [4.78, 5) is 0. The Morgan fingerprint density at radius 3 is 2.60 bits per heavy atom. The van der Waals surface area contributed by atoms with Crippen molar-refractivity contribution >= 4 is 0 Å². The molecule has 0 aromatic heterocycles. The zero-order chi connectivity index (χ0) is 11.1. The van der Waals surface area contributed by atoms with Gasteiger partial charge < -0.3 is 15.6 Å². The molecule has 1 aliphatic carbocycles. The van der Waals surface area contributed by atoms with Gasteiger partial charge in [-0.1, -0.05) is 6.07 Å². The Morgan fingerprint density at radius 2 is 2.13 bits per heavy atom. The molecule has 0 saturated heterocycles. The monoisotopic (exact) mass is 207 g/mol. The van der Waals surface area contributed by atoms with E-state index in [1.807, 2.05) is 25.1 Å². The molecule has 2 rings (SSSR count). The van der Waals surface area contributed by atoms with Crippen molar-refractivity contribution in [1.82, 2.24) is 0 Å². The summed E-state index contributed by atoms with van der Waals surface area (Å²) >= 11 is 0. The predicted octanol–water partition coefficient (Wildman–Crippen LogP) is 1.31. The van der Waals surface area contributed by atoms with E-state index in [9.17, 15) is 5.11 Å². The van der Waals surface area contributed by atoms with Crippen molar-refractivity contribution < 1.29 is 9.84 Å². The molecule has 0 atom stereocenters. The number of aliphatic hydroxyl groups is 1. The second-order valence-electron chi connectivity index (χ2n) is 4.38. The van der Waals surface area contributed by atoms with E-state index in [0.29, 0.717) is 12.8 Å². The lowest BCUT2D eigenvalue weighted by Crippen LogP contribution is -2.49. The van der Waals surface area contributed by atoms with Gasteiger partial charge in [-0.2, -0.15) is 0 Å². The maximum absolute atomic E-state index is 10.3. The molecule has 0 bridgehead atoms. The Kier molecular flexibility index (Phi) is 2.44. The van der Waals surface area contributed by atoms with E-state index < -0.39 is 5.60 Å². The molecule has 0 spiro atoms. The van der Waals surface area contributed by atoms with Crippen LogP contribution >= 0.6 is 0 Å². The van der Waals surface area contributed by atoms with Crippen LogP contribution in [0.3, 0.4) is 0 Å². The molecule has 1 aromatic carbocycles. The second kappa shape index (κ2) is 3.51. The number of benzene rings is 1. The van der Waals surface area contributed by atoms with E-state index in [1.165, 1.54) is 0 Å². The summed E-state index contributed by atoms with van der Waals surface area (Å²) in [6.45, 7) is 1.99. The summed E-state index contributed by atoms with van der Waals surface area (Å²) in [6.07, 6.45) is 1.31. The van der Waals surface area contributed by atoms with Crippen molar-refractivity contribution in [3.63, 3.8) is 0 Å². The van der Waals surface area contributed by atoms with Crippen LogP contribution in [0.2, 0.25) is 0 Å². The van der Waals surface area contributed by atoms with E-state index in [4.69, 9.17) is 10.5 Å². The fraction of sp³-hybridized carbons (Fsp3) is 0.500. The number of hydrogen-bond acceptors (Lipinski definition) is 3. The fourth-order valence-corrected chi connectivity index (χ4v) is 2.31. The van der Waals surface area contributed by atoms with Gasteiger partial charge in [0, 0.05) is 6.04 Å². The van der Waals surface area contributed by atoms with Gasteiger partial charge in [-0.15, -0.1) is 0 Å². The van der Waals surface area contributed by atoms with Crippen LogP contribution in [0.1, 0.15) is 24.0 Å².